The van der Waals surface area contributed by atoms with E-state index in [1.807, 2.05) is 42.5 Å². The Morgan fingerprint density at radius 3 is 2.58 bits per heavy atom. The van der Waals surface area contributed by atoms with Gasteiger partial charge in [0.25, 0.3) is 11.1 Å². The molecule has 2 fully saturated rings. The monoisotopic (exact) mass is 611 g/mol. The highest BCUT2D eigenvalue weighted by Crippen LogP contribution is 2.36. The fraction of sp³-hybridized carbons (Fsp3) is 0.333. The van der Waals surface area contributed by atoms with Gasteiger partial charge >= 0.3 is 0 Å². The standard InChI is InChI=1S/C24H23BrINO3S/c25-19-8-11-21(30-15-17-6-9-20(26)10-7-17)18(12-19)13-22-23(28)27(24(29)31-22)14-16-4-2-1-3-5-16/h6-13,16H,1-5,14-15H2/b22-13+. The van der Waals surface area contributed by atoms with Gasteiger partial charge in [-0.15, -0.1) is 0 Å². The summed E-state index contributed by atoms with van der Waals surface area (Å²) in [7, 11) is 0. The van der Waals surface area contributed by atoms with Gasteiger partial charge in [0.2, 0.25) is 0 Å². The normalized spacial score (nSPS) is 18.8. The summed E-state index contributed by atoms with van der Waals surface area (Å²) in [6.07, 6.45) is 7.61. The van der Waals surface area contributed by atoms with Crippen LogP contribution >= 0.6 is 50.3 Å². The molecule has 0 N–H and O–H groups in total. The van der Waals surface area contributed by atoms with Crippen LogP contribution in [-0.2, 0) is 11.4 Å². The van der Waals surface area contributed by atoms with E-state index in [4.69, 9.17) is 4.74 Å². The number of carbonyl (C=O) groups is 2. The minimum absolute atomic E-state index is 0.168. The number of benzene rings is 2. The minimum atomic E-state index is -0.191. The van der Waals surface area contributed by atoms with E-state index in [9.17, 15) is 9.59 Å². The largest absolute Gasteiger partial charge is 0.488 e. The maximum atomic E-state index is 13.0. The highest BCUT2D eigenvalue weighted by molar-refractivity contribution is 14.1. The summed E-state index contributed by atoms with van der Waals surface area (Å²) in [5.74, 6) is 0.922. The van der Waals surface area contributed by atoms with Crippen molar-refractivity contribution < 1.29 is 14.3 Å². The van der Waals surface area contributed by atoms with Crippen molar-refractivity contribution >= 4 is 67.5 Å². The van der Waals surface area contributed by atoms with Gasteiger partial charge in [0.15, 0.2) is 0 Å². The Balaban J connectivity index is 1.50. The zero-order valence-electron chi connectivity index (χ0n) is 17.0. The number of imide groups is 1. The van der Waals surface area contributed by atoms with Gasteiger partial charge in [-0.25, -0.2) is 0 Å². The molecule has 2 amide bonds. The molecule has 0 radical (unpaired) electrons. The molecule has 0 aromatic heterocycles. The fourth-order valence-electron chi connectivity index (χ4n) is 3.93. The number of nitrogens with zero attached hydrogens (tertiary/aromatic N) is 1. The van der Waals surface area contributed by atoms with Gasteiger partial charge in [-0.2, -0.15) is 0 Å². The SMILES string of the molecule is O=C1S/C(=C/c2cc(Br)ccc2OCc2ccc(I)cc2)C(=O)N1CC1CCCCC1. The molecular weight excluding hydrogens is 589 g/mol. The molecule has 0 unspecified atom stereocenters. The highest BCUT2D eigenvalue weighted by atomic mass is 127. The molecule has 1 aliphatic carbocycles. The van der Waals surface area contributed by atoms with E-state index in [2.05, 4.69) is 38.5 Å². The molecule has 162 valence electrons. The van der Waals surface area contributed by atoms with E-state index in [-0.39, 0.29) is 11.1 Å². The van der Waals surface area contributed by atoms with Crippen LogP contribution in [0.15, 0.2) is 51.8 Å². The predicted octanol–water partition coefficient (Wildman–Crippen LogP) is 7.25. The Morgan fingerprint density at radius 2 is 1.84 bits per heavy atom. The Bertz CT molecular complexity index is 1000. The second-order valence-corrected chi connectivity index (χ2v) is 11.0. The molecule has 2 aromatic rings. The van der Waals surface area contributed by atoms with Crippen LogP contribution in [0.5, 0.6) is 5.75 Å². The molecule has 2 aromatic carbocycles. The lowest BCUT2D eigenvalue weighted by Gasteiger charge is -2.25. The summed E-state index contributed by atoms with van der Waals surface area (Å²) in [5, 5.41) is -0.168. The molecule has 7 heteroatoms. The van der Waals surface area contributed by atoms with Gasteiger partial charge in [-0.3, -0.25) is 14.5 Å². The van der Waals surface area contributed by atoms with Gasteiger partial charge in [-0.1, -0.05) is 47.3 Å². The molecule has 4 rings (SSSR count). The number of halogens is 2. The first-order valence-electron chi connectivity index (χ1n) is 10.4. The lowest BCUT2D eigenvalue weighted by molar-refractivity contribution is -0.123. The first-order valence-corrected chi connectivity index (χ1v) is 13.1. The molecule has 4 nitrogen and oxygen atoms in total. The van der Waals surface area contributed by atoms with Crippen LogP contribution in [0.25, 0.3) is 6.08 Å². The van der Waals surface area contributed by atoms with Crippen LogP contribution in [-0.4, -0.2) is 22.6 Å². The minimum Gasteiger partial charge on any atom is -0.488 e. The molecule has 1 heterocycles. The first-order chi connectivity index (χ1) is 15.0. The maximum Gasteiger partial charge on any atom is 0.293 e. The molecule has 0 atom stereocenters. The third-order valence-electron chi connectivity index (χ3n) is 5.61. The number of hydrogen-bond donors (Lipinski definition) is 0. The first kappa shape index (κ1) is 22.9. The Morgan fingerprint density at radius 1 is 1.10 bits per heavy atom. The van der Waals surface area contributed by atoms with Crippen molar-refractivity contribution in [2.45, 2.75) is 38.7 Å². The second-order valence-electron chi connectivity index (χ2n) is 7.89. The number of thioether (sulfide) groups is 1. The lowest BCUT2D eigenvalue weighted by atomic mass is 9.89. The van der Waals surface area contributed by atoms with E-state index in [1.54, 1.807) is 6.08 Å². The van der Waals surface area contributed by atoms with Crippen LogP contribution < -0.4 is 4.74 Å². The fourth-order valence-corrected chi connectivity index (χ4v) is 5.51. The van der Waals surface area contributed by atoms with Crippen molar-refractivity contribution in [3.63, 3.8) is 0 Å². The van der Waals surface area contributed by atoms with Crippen molar-refractivity contribution in [2.75, 3.05) is 6.54 Å². The molecule has 31 heavy (non-hydrogen) atoms. The van der Waals surface area contributed by atoms with Crippen LogP contribution in [0.1, 0.15) is 43.2 Å². The van der Waals surface area contributed by atoms with E-state index >= 15 is 0 Å². The highest BCUT2D eigenvalue weighted by Gasteiger charge is 2.36. The molecule has 0 spiro atoms. The smallest absolute Gasteiger partial charge is 0.293 e. The molecule has 1 aliphatic heterocycles. The number of rotatable bonds is 6. The Hall–Kier alpha value is -1.32. The third-order valence-corrected chi connectivity index (χ3v) is 7.72. The quantitative estimate of drug-likeness (QED) is 0.255. The van der Waals surface area contributed by atoms with E-state index < -0.39 is 0 Å². The Labute approximate surface area is 209 Å². The summed E-state index contributed by atoms with van der Waals surface area (Å²) < 4.78 is 8.12. The van der Waals surface area contributed by atoms with Crippen LogP contribution in [0.3, 0.4) is 0 Å². The van der Waals surface area contributed by atoms with E-state index in [1.165, 1.54) is 27.7 Å². The average Bonchev–Trinajstić information content (AvgIpc) is 3.02. The lowest BCUT2D eigenvalue weighted by Crippen LogP contribution is -2.34. The third kappa shape index (κ3) is 5.93. The van der Waals surface area contributed by atoms with Crippen LogP contribution in [0.2, 0.25) is 0 Å². The summed E-state index contributed by atoms with van der Waals surface area (Å²) in [4.78, 5) is 27.4. The van der Waals surface area contributed by atoms with Crippen LogP contribution in [0, 0.1) is 9.49 Å². The molecule has 1 saturated carbocycles. The van der Waals surface area contributed by atoms with E-state index in [0.29, 0.717) is 29.7 Å². The van der Waals surface area contributed by atoms with Crippen molar-refractivity contribution in [1.82, 2.24) is 4.90 Å². The van der Waals surface area contributed by atoms with Crippen molar-refractivity contribution in [1.29, 1.82) is 0 Å². The number of hydrogen-bond acceptors (Lipinski definition) is 4. The number of amides is 2. The summed E-state index contributed by atoms with van der Waals surface area (Å²) in [6, 6.07) is 13.9. The van der Waals surface area contributed by atoms with Crippen molar-refractivity contribution in [2.24, 2.45) is 5.92 Å². The maximum absolute atomic E-state index is 13.0. The molecule has 2 aliphatic rings. The van der Waals surface area contributed by atoms with Gasteiger partial charge in [0.1, 0.15) is 12.4 Å². The molecular formula is C24H23BrINO3S. The molecule has 1 saturated heterocycles. The Kier molecular flexibility index (Phi) is 7.77. The summed E-state index contributed by atoms with van der Waals surface area (Å²) in [5.41, 5.74) is 1.85. The second kappa shape index (κ2) is 10.5. The average molecular weight is 612 g/mol. The zero-order chi connectivity index (χ0) is 21.8. The van der Waals surface area contributed by atoms with Gasteiger partial charge < -0.3 is 4.74 Å². The predicted molar refractivity (Wildman–Crippen MR) is 137 cm³/mol. The molecule has 0 bridgehead atoms. The number of ether oxygens (including phenoxy) is 1. The zero-order valence-corrected chi connectivity index (χ0v) is 21.5. The van der Waals surface area contributed by atoms with Gasteiger partial charge in [0, 0.05) is 20.2 Å². The van der Waals surface area contributed by atoms with Crippen molar-refractivity contribution in [3.8, 4) is 5.75 Å². The summed E-state index contributed by atoms with van der Waals surface area (Å²) in [6.45, 7) is 0.971. The van der Waals surface area contributed by atoms with Crippen molar-refractivity contribution in [3.05, 3.63) is 66.5 Å². The van der Waals surface area contributed by atoms with Crippen LogP contribution in [0.4, 0.5) is 4.79 Å². The summed E-state index contributed by atoms with van der Waals surface area (Å²) >= 11 is 6.80. The topological polar surface area (TPSA) is 46.6 Å². The number of carbonyl (C=O) groups excluding carboxylic acids is 2. The van der Waals surface area contributed by atoms with Gasteiger partial charge in [0.05, 0.1) is 4.91 Å². The van der Waals surface area contributed by atoms with Gasteiger partial charge in [-0.05, 0) is 95.1 Å². The van der Waals surface area contributed by atoms with E-state index in [0.717, 1.165) is 40.2 Å².